The summed E-state index contributed by atoms with van der Waals surface area (Å²) in [6, 6.07) is 5.24. The third-order valence-corrected chi connectivity index (χ3v) is 4.05. The van der Waals surface area contributed by atoms with E-state index in [-0.39, 0.29) is 11.8 Å². The molecule has 1 unspecified atom stereocenters. The first-order valence-electron chi connectivity index (χ1n) is 6.27. The van der Waals surface area contributed by atoms with Crippen LogP contribution in [-0.4, -0.2) is 34.6 Å². The predicted molar refractivity (Wildman–Crippen MR) is 78.6 cm³/mol. The summed E-state index contributed by atoms with van der Waals surface area (Å²) in [5.41, 5.74) is 3.55. The van der Waals surface area contributed by atoms with Gasteiger partial charge in [0.1, 0.15) is 21.3 Å². The van der Waals surface area contributed by atoms with Crippen molar-refractivity contribution in [2.45, 2.75) is 18.9 Å². The van der Waals surface area contributed by atoms with Gasteiger partial charge in [0, 0.05) is 23.6 Å². The molecule has 7 heteroatoms. The van der Waals surface area contributed by atoms with Crippen LogP contribution in [0.15, 0.2) is 18.2 Å². The van der Waals surface area contributed by atoms with E-state index in [1.807, 2.05) is 6.07 Å². The van der Waals surface area contributed by atoms with Gasteiger partial charge in [-0.15, -0.1) is 0 Å². The molecule has 0 bridgehead atoms. The molecule has 3 N–H and O–H groups in total. The number of ether oxygens (including phenoxy) is 2. The van der Waals surface area contributed by atoms with Crippen molar-refractivity contribution in [3.63, 3.8) is 0 Å². The van der Waals surface area contributed by atoms with Crippen LogP contribution < -0.4 is 20.7 Å². The zero-order chi connectivity index (χ0) is 15.2. The minimum atomic E-state index is -2.96. The average molecular weight is 302 g/mol. The highest BCUT2D eigenvalue weighted by molar-refractivity contribution is 7.90. The van der Waals surface area contributed by atoms with E-state index in [9.17, 15) is 8.42 Å². The summed E-state index contributed by atoms with van der Waals surface area (Å²) in [4.78, 5) is 0. The van der Waals surface area contributed by atoms with Crippen LogP contribution in [0.4, 0.5) is 0 Å². The van der Waals surface area contributed by atoms with Gasteiger partial charge in [-0.05, 0) is 31.0 Å². The second-order valence-corrected chi connectivity index (χ2v) is 6.86. The maximum Gasteiger partial charge on any atom is 0.147 e. The molecule has 1 aromatic rings. The molecule has 0 aliphatic carbocycles. The van der Waals surface area contributed by atoms with Crippen molar-refractivity contribution in [2.24, 2.45) is 5.84 Å². The molecule has 0 radical (unpaired) electrons. The molecule has 1 aromatic carbocycles. The van der Waals surface area contributed by atoms with Crippen molar-refractivity contribution < 1.29 is 17.9 Å². The lowest BCUT2D eigenvalue weighted by Crippen LogP contribution is -2.28. The molecule has 0 saturated heterocycles. The van der Waals surface area contributed by atoms with E-state index in [4.69, 9.17) is 15.3 Å². The normalized spacial score (nSPS) is 13.0. The molecule has 20 heavy (non-hydrogen) atoms. The van der Waals surface area contributed by atoms with Gasteiger partial charge in [0.15, 0.2) is 0 Å². The fraction of sp³-hybridized carbons (Fsp3) is 0.538. The lowest BCUT2D eigenvalue weighted by Gasteiger charge is -2.19. The average Bonchev–Trinajstić information content (AvgIpc) is 2.41. The zero-order valence-corrected chi connectivity index (χ0v) is 12.9. The van der Waals surface area contributed by atoms with Crippen molar-refractivity contribution in [1.29, 1.82) is 0 Å². The smallest absolute Gasteiger partial charge is 0.147 e. The first-order valence-corrected chi connectivity index (χ1v) is 8.33. The summed E-state index contributed by atoms with van der Waals surface area (Å²) < 4.78 is 32.8. The van der Waals surface area contributed by atoms with Crippen molar-refractivity contribution in [3.05, 3.63) is 23.8 Å². The maximum atomic E-state index is 11.2. The van der Waals surface area contributed by atoms with E-state index in [2.05, 4.69) is 5.43 Å². The summed E-state index contributed by atoms with van der Waals surface area (Å²) >= 11 is 0. The zero-order valence-electron chi connectivity index (χ0n) is 12.0. The maximum absolute atomic E-state index is 11.2. The first kappa shape index (κ1) is 16.7. The van der Waals surface area contributed by atoms with Crippen molar-refractivity contribution >= 4 is 9.84 Å². The van der Waals surface area contributed by atoms with E-state index in [1.54, 1.807) is 26.4 Å². The SMILES string of the molecule is COc1ccc(OC)c(C(CCCS(C)(=O)=O)NN)c1. The fourth-order valence-corrected chi connectivity index (χ4v) is 2.68. The number of nitrogens with two attached hydrogens (primary N) is 1. The molecule has 0 spiro atoms. The number of nitrogens with one attached hydrogen (secondary N) is 1. The second kappa shape index (κ2) is 7.47. The molecule has 0 aliphatic heterocycles. The molecule has 0 fully saturated rings. The molecular formula is C13H22N2O4S. The fourth-order valence-electron chi connectivity index (χ4n) is 1.99. The van der Waals surface area contributed by atoms with Gasteiger partial charge in [0.25, 0.3) is 0 Å². The summed E-state index contributed by atoms with van der Waals surface area (Å²) in [7, 11) is 0.199. The minimum absolute atomic E-state index is 0.136. The van der Waals surface area contributed by atoms with Gasteiger partial charge in [0.05, 0.1) is 14.2 Å². The Morgan fingerprint density at radius 2 is 2.00 bits per heavy atom. The summed E-state index contributed by atoms with van der Waals surface area (Å²) in [6.07, 6.45) is 2.34. The number of hydrazine groups is 1. The van der Waals surface area contributed by atoms with Crippen LogP contribution in [0, 0.1) is 0 Å². The molecule has 0 amide bonds. The number of hydrogen-bond donors (Lipinski definition) is 2. The van der Waals surface area contributed by atoms with E-state index >= 15 is 0 Å². The Morgan fingerprint density at radius 1 is 1.30 bits per heavy atom. The van der Waals surface area contributed by atoms with E-state index in [1.165, 1.54) is 6.26 Å². The van der Waals surface area contributed by atoms with E-state index in [0.29, 0.717) is 24.3 Å². The Bertz CT molecular complexity index is 531. The van der Waals surface area contributed by atoms with Gasteiger partial charge in [-0.2, -0.15) is 0 Å². The number of hydrogen-bond acceptors (Lipinski definition) is 6. The monoisotopic (exact) mass is 302 g/mol. The molecule has 0 aliphatic rings. The molecule has 0 aromatic heterocycles. The van der Waals surface area contributed by atoms with Gasteiger partial charge in [-0.25, -0.2) is 8.42 Å². The number of methoxy groups -OCH3 is 2. The highest BCUT2D eigenvalue weighted by Gasteiger charge is 2.16. The van der Waals surface area contributed by atoms with Gasteiger partial charge >= 0.3 is 0 Å². The molecule has 0 saturated carbocycles. The summed E-state index contributed by atoms with van der Waals surface area (Å²) in [5, 5.41) is 0. The Hall–Kier alpha value is -1.31. The topological polar surface area (TPSA) is 90.6 Å². The quantitative estimate of drug-likeness (QED) is 0.550. The molecule has 114 valence electrons. The number of rotatable bonds is 8. The van der Waals surface area contributed by atoms with E-state index in [0.717, 1.165) is 5.56 Å². The highest BCUT2D eigenvalue weighted by atomic mass is 32.2. The van der Waals surface area contributed by atoms with Crippen molar-refractivity contribution in [2.75, 3.05) is 26.2 Å². The van der Waals surface area contributed by atoms with Gasteiger partial charge in [-0.1, -0.05) is 0 Å². The third kappa shape index (κ3) is 4.99. The van der Waals surface area contributed by atoms with Crippen LogP contribution >= 0.6 is 0 Å². The predicted octanol–water partition coefficient (Wildman–Crippen LogP) is 1.03. The third-order valence-electron chi connectivity index (χ3n) is 3.02. The largest absolute Gasteiger partial charge is 0.497 e. The van der Waals surface area contributed by atoms with Gasteiger partial charge < -0.3 is 9.47 Å². The van der Waals surface area contributed by atoms with Crippen molar-refractivity contribution in [1.82, 2.24) is 5.43 Å². The van der Waals surface area contributed by atoms with Crippen LogP contribution in [0.2, 0.25) is 0 Å². The molecule has 1 rings (SSSR count). The van der Waals surface area contributed by atoms with Crippen molar-refractivity contribution in [3.8, 4) is 11.5 Å². The summed E-state index contributed by atoms with van der Waals surface area (Å²) in [6.45, 7) is 0. The number of benzene rings is 1. The number of sulfone groups is 1. The molecule has 1 atom stereocenters. The lowest BCUT2D eigenvalue weighted by molar-refractivity contribution is 0.386. The Balaban J connectivity index is 2.87. The summed E-state index contributed by atoms with van der Waals surface area (Å²) in [5.74, 6) is 7.10. The standard InChI is InChI=1S/C13H22N2O4S/c1-18-10-6-7-13(19-2)11(9-10)12(15-14)5-4-8-20(3,16)17/h6-7,9,12,15H,4-5,8,14H2,1-3H3. The van der Waals surface area contributed by atoms with Crippen LogP contribution in [0.5, 0.6) is 11.5 Å². The molecule has 0 heterocycles. The Labute approximate surface area is 120 Å². The molecule has 6 nitrogen and oxygen atoms in total. The highest BCUT2D eigenvalue weighted by Crippen LogP contribution is 2.31. The Kier molecular flexibility index (Phi) is 6.25. The lowest BCUT2D eigenvalue weighted by atomic mass is 10.0. The second-order valence-electron chi connectivity index (χ2n) is 4.60. The Morgan fingerprint density at radius 3 is 2.50 bits per heavy atom. The van der Waals surface area contributed by atoms with Crippen LogP contribution in [0.25, 0.3) is 0 Å². The van der Waals surface area contributed by atoms with Crippen LogP contribution in [-0.2, 0) is 9.84 Å². The molecular weight excluding hydrogens is 280 g/mol. The minimum Gasteiger partial charge on any atom is -0.497 e. The van der Waals surface area contributed by atoms with Crippen LogP contribution in [0.3, 0.4) is 0 Å². The van der Waals surface area contributed by atoms with Crippen LogP contribution in [0.1, 0.15) is 24.4 Å². The van der Waals surface area contributed by atoms with Gasteiger partial charge in [-0.3, -0.25) is 11.3 Å². The first-order chi connectivity index (χ1) is 9.41. The van der Waals surface area contributed by atoms with E-state index < -0.39 is 9.84 Å². The van der Waals surface area contributed by atoms with Gasteiger partial charge in [0.2, 0.25) is 0 Å².